The van der Waals surface area contributed by atoms with Crippen LogP contribution in [0.1, 0.15) is 29.7 Å². The fraction of sp³-hybridized carbons (Fsp3) is 0.211. The van der Waals surface area contributed by atoms with Crippen LogP contribution in [-0.2, 0) is 16.1 Å². The van der Waals surface area contributed by atoms with Crippen molar-refractivity contribution in [2.75, 3.05) is 0 Å². The molecule has 1 atom stereocenters. The van der Waals surface area contributed by atoms with E-state index in [0.717, 1.165) is 28.5 Å². The molecular weight excluding hydrogens is 292 g/mol. The molecule has 0 saturated carbocycles. The minimum atomic E-state index is -1.03. The van der Waals surface area contributed by atoms with Crippen LogP contribution >= 0.6 is 0 Å². The van der Waals surface area contributed by atoms with Gasteiger partial charge < -0.3 is 14.6 Å². The van der Waals surface area contributed by atoms with Crippen molar-refractivity contribution in [3.63, 3.8) is 0 Å². The van der Waals surface area contributed by atoms with Crippen molar-refractivity contribution in [1.82, 2.24) is 0 Å². The summed E-state index contributed by atoms with van der Waals surface area (Å²) in [6.45, 7) is 4.37. The quantitative estimate of drug-likeness (QED) is 0.613. The molecule has 23 heavy (non-hydrogen) atoms. The summed E-state index contributed by atoms with van der Waals surface area (Å²) in [6.07, 6.45) is 1.95. The SMILES string of the molecule is Cc1cc(OCc2ccccc2)ccc1C(C)O/C=C/C(=O)O. The van der Waals surface area contributed by atoms with E-state index in [0.29, 0.717) is 6.61 Å². The maximum atomic E-state index is 10.4. The molecule has 0 amide bonds. The lowest BCUT2D eigenvalue weighted by atomic mass is 10.0. The van der Waals surface area contributed by atoms with Crippen LogP contribution in [0.4, 0.5) is 0 Å². The number of carbonyl (C=O) groups is 1. The van der Waals surface area contributed by atoms with Gasteiger partial charge in [-0.1, -0.05) is 36.4 Å². The number of rotatable bonds is 7. The van der Waals surface area contributed by atoms with E-state index in [-0.39, 0.29) is 6.10 Å². The molecule has 0 bridgehead atoms. The summed E-state index contributed by atoms with van der Waals surface area (Å²) < 4.78 is 11.2. The minimum absolute atomic E-state index is 0.228. The van der Waals surface area contributed by atoms with Crippen LogP contribution in [0, 0.1) is 6.92 Å². The molecule has 0 aliphatic rings. The van der Waals surface area contributed by atoms with Crippen molar-refractivity contribution in [3.05, 3.63) is 77.6 Å². The Labute approximate surface area is 136 Å². The smallest absolute Gasteiger partial charge is 0.331 e. The summed E-state index contributed by atoms with van der Waals surface area (Å²) in [4.78, 5) is 10.4. The van der Waals surface area contributed by atoms with Gasteiger partial charge in [0.1, 0.15) is 18.5 Å². The predicted molar refractivity (Wildman–Crippen MR) is 88.2 cm³/mol. The Balaban J connectivity index is 1.98. The van der Waals surface area contributed by atoms with E-state index < -0.39 is 5.97 Å². The molecule has 0 aromatic heterocycles. The van der Waals surface area contributed by atoms with E-state index in [9.17, 15) is 4.79 Å². The zero-order valence-electron chi connectivity index (χ0n) is 13.2. The average molecular weight is 312 g/mol. The van der Waals surface area contributed by atoms with Gasteiger partial charge in [-0.25, -0.2) is 4.79 Å². The zero-order chi connectivity index (χ0) is 16.7. The van der Waals surface area contributed by atoms with Crippen LogP contribution in [0.5, 0.6) is 5.75 Å². The van der Waals surface area contributed by atoms with Gasteiger partial charge >= 0.3 is 5.97 Å². The van der Waals surface area contributed by atoms with Gasteiger partial charge in [-0.15, -0.1) is 0 Å². The molecule has 0 heterocycles. The maximum Gasteiger partial charge on any atom is 0.331 e. The van der Waals surface area contributed by atoms with E-state index in [2.05, 4.69) is 0 Å². The first-order valence-corrected chi connectivity index (χ1v) is 7.38. The molecule has 0 spiro atoms. The van der Waals surface area contributed by atoms with E-state index in [4.69, 9.17) is 14.6 Å². The number of benzene rings is 2. The summed E-state index contributed by atoms with van der Waals surface area (Å²) in [5.41, 5.74) is 3.14. The summed E-state index contributed by atoms with van der Waals surface area (Å²) in [7, 11) is 0. The molecule has 0 aliphatic carbocycles. The highest BCUT2D eigenvalue weighted by Gasteiger charge is 2.09. The Morgan fingerprint density at radius 3 is 2.61 bits per heavy atom. The summed E-state index contributed by atoms with van der Waals surface area (Å²) in [6, 6.07) is 15.8. The molecule has 2 aromatic rings. The van der Waals surface area contributed by atoms with Gasteiger partial charge in [0.15, 0.2) is 0 Å². The van der Waals surface area contributed by atoms with E-state index in [1.807, 2.05) is 62.4 Å². The van der Waals surface area contributed by atoms with Gasteiger partial charge in [-0.2, -0.15) is 0 Å². The Morgan fingerprint density at radius 2 is 1.96 bits per heavy atom. The Kier molecular flexibility index (Phi) is 5.80. The largest absolute Gasteiger partial charge is 0.493 e. The highest BCUT2D eigenvalue weighted by Crippen LogP contribution is 2.25. The first-order chi connectivity index (χ1) is 11.1. The molecule has 0 saturated heterocycles. The van der Waals surface area contributed by atoms with Crippen molar-refractivity contribution < 1.29 is 19.4 Å². The molecule has 120 valence electrons. The van der Waals surface area contributed by atoms with Crippen LogP contribution in [0.15, 0.2) is 60.9 Å². The number of carboxylic acid groups (broad SMARTS) is 1. The molecule has 0 aliphatic heterocycles. The molecule has 0 radical (unpaired) electrons. The third kappa shape index (κ3) is 5.18. The summed E-state index contributed by atoms with van der Waals surface area (Å²) in [5, 5.41) is 8.56. The predicted octanol–water partition coefficient (Wildman–Crippen LogP) is 4.25. The minimum Gasteiger partial charge on any atom is -0.493 e. The second-order valence-corrected chi connectivity index (χ2v) is 5.21. The summed E-state index contributed by atoms with van der Waals surface area (Å²) in [5.74, 6) is -0.234. The fourth-order valence-corrected chi connectivity index (χ4v) is 2.22. The summed E-state index contributed by atoms with van der Waals surface area (Å²) >= 11 is 0. The Bertz CT molecular complexity index is 677. The first-order valence-electron chi connectivity index (χ1n) is 7.38. The second kappa shape index (κ2) is 8.03. The van der Waals surface area contributed by atoms with Gasteiger partial charge in [0, 0.05) is 0 Å². The standard InChI is InChI=1S/C19H20O4/c1-14-12-17(23-13-16-6-4-3-5-7-16)8-9-18(14)15(2)22-11-10-19(20)21/h3-12,15H,13H2,1-2H3,(H,20,21)/b11-10+. The van der Waals surface area contributed by atoms with E-state index in [1.54, 1.807) is 0 Å². The molecule has 4 heteroatoms. The van der Waals surface area contributed by atoms with Gasteiger partial charge in [0.2, 0.25) is 0 Å². The number of aryl methyl sites for hydroxylation is 1. The number of hydrogen-bond donors (Lipinski definition) is 1. The number of aliphatic carboxylic acids is 1. The average Bonchev–Trinajstić information content (AvgIpc) is 2.53. The van der Waals surface area contributed by atoms with E-state index >= 15 is 0 Å². The molecule has 1 unspecified atom stereocenters. The molecule has 0 fully saturated rings. The van der Waals surface area contributed by atoms with Crippen LogP contribution in [0.3, 0.4) is 0 Å². The molecule has 4 nitrogen and oxygen atoms in total. The highest BCUT2D eigenvalue weighted by atomic mass is 16.5. The lowest BCUT2D eigenvalue weighted by molar-refractivity contribution is -0.131. The topological polar surface area (TPSA) is 55.8 Å². The van der Waals surface area contributed by atoms with Gasteiger partial charge in [-0.3, -0.25) is 0 Å². The van der Waals surface area contributed by atoms with Crippen LogP contribution < -0.4 is 4.74 Å². The maximum absolute atomic E-state index is 10.4. The molecular formula is C19H20O4. The van der Waals surface area contributed by atoms with E-state index in [1.165, 1.54) is 6.26 Å². The van der Waals surface area contributed by atoms with Crippen LogP contribution in [0.2, 0.25) is 0 Å². The lowest BCUT2D eigenvalue weighted by Crippen LogP contribution is -2.01. The third-order valence-electron chi connectivity index (χ3n) is 3.42. The lowest BCUT2D eigenvalue weighted by Gasteiger charge is -2.15. The number of carboxylic acids is 1. The van der Waals surface area contributed by atoms with Crippen LogP contribution in [0.25, 0.3) is 0 Å². The number of hydrogen-bond acceptors (Lipinski definition) is 3. The second-order valence-electron chi connectivity index (χ2n) is 5.21. The van der Waals surface area contributed by atoms with Crippen molar-refractivity contribution in [2.45, 2.75) is 26.6 Å². The van der Waals surface area contributed by atoms with Crippen molar-refractivity contribution >= 4 is 5.97 Å². The van der Waals surface area contributed by atoms with Gasteiger partial charge in [-0.05, 0) is 42.7 Å². The Hall–Kier alpha value is -2.75. The normalized spacial score (nSPS) is 12.1. The van der Waals surface area contributed by atoms with Crippen molar-refractivity contribution in [3.8, 4) is 5.75 Å². The van der Waals surface area contributed by atoms with Gasteiger partial charge in [0.05, 0.1) is 12.3 Å². The fourth-order valence-electron chi connectivity index (χ4n) is 2.22. The molecule has 2 rings (SSSR count). The van der Waals surface area contributed by atoms with Crippen molar-refractivity contribution in [2.24, 2.45) is 0 Å². The highest BCUT2D eigenvalue weighted by molar-refractivity contribution is 5.79. The zero-order valence-corrected chi connectivity index (χ0v) is 13.2. The number of ether oxygens (including phenoxy) is 2. The van der Waals surface area contributed by atoms with Gasteiger partial charge in [0.25, 0.3) is 0 Å². The molecule has 1 N–H and O–H groups in total. The van der Waals surface area contributed by atoms with Crippen LogP contribution in [-0.4, -0.2) is 11.1 Å². The first kappa shape index (κ1) is 16.6. The Morgan fingerprint density at radius 1 is 1.22 bits per heavy atom. The molecule has 2 aromatic carbocycles. The van der Waals surface area contributed by atoms with Crippen molar-refractivity contribution in [1.29, 1.82) is 0 Å². The monoisotopic (exact) mass is 312 g/mol. The third-order valence-corrected chi connectivity index (χ3v) is 3.42.